The Labute approximate surface area is 249 Å². The standard InChI is InChI=1S/C32H34N8O3/c1-32(2,37-22-10-11-22)17-21(18-33)30(41)38-16-6-7-24(19-38)40-29-27(28(34)35-20-36-29)39(31(40)42)23-12-14-26(15-13-23)43-25-8-4-3-5-9-25/h3-5,8-9,12-15,17,20,22,24,37H,6-7,10-11,16,19H2,1-2H3,(H2,34,35,36)/b21-17-/t24-/m0/s1. The van der Waals surface area contributed by atoms with Crippen LogP contribution in [0.3, 0.4) is 0 Å². The molecule has 11 nitrogen and oxygen atoms in total. The minimum absolute atomic E-state index is 0.0953. The fraction of sp³-hybridized carbons (Fsp3) is 0.344. The number of piperidine rings is 1. The first kappa shape index (κ1) is 28.2. The zero-order chi connectivity index (χ0) is 30.1. The molecule has 1 saturated heterocycles. The fourth-order valence-corrected chi connectivity index (χ4v) is 5.74. The molecule has 43 heavy (non-hydrogen) atoms. The lowest BCUT2D eigenvalue weighted by molar-refractivity contribution is -0.128. The number of nitrogens with zero attached hydrogens (tertiary/aromatic N) is 6. The SMILES string of the molecule is CC(C)(/C=C(/C#N)C(=O)N1CCC[C@H](n2c(=O)n(-c3ccc(Oc4ccccc4)cc3)c3c(N)ncnc32)C1)NC1CC1. The lowest BCUT2D eigenvalue weighted by Gasteiger charge is -2.33. The van der Waals surface area contributed by atoms with Gasteiger partial charge in [0.05, 0.1) is 11.7 Å². The van der Waals surface area contributed by atoms with Crippen LogP contribution in [0, 0.1) is 11.3 Å². The Balaban J connectivity index is 1.31. The Morgan fingerprint density at radius 1 is 1.09 bits per heavy atom. The molecule has 2 aromatic carbocycles. The van der Waals surface area contributed by atoms with Gasteiger partial charge in [-0.2, -0.15) is 5.26 Å². The van der Waals surface area contributed by atoms with Gasteiger partial charge in [-0.3, -0.25) is 13.9 Å². The zero-order valence-electron chi connectivity index (χ0n) is 24.2. The van der Waals surface area contributed by atoms with Crippen molar-refractivity contribution in [2.24, 2.45) is 0 Å². The van der Waals surface area contributed by atoms with E-state index in [1.165, 1.54) is 10.9 Å². The number of anilines is 1. The van der Waals surface area contributed by atoms with Crippen LogP contribution in [-0.4, -0.2) is 54.6 Å². The zero-order valence-corrected chi connectivity index (χ0v) is 24.2. The number of carbonyl (C=O) groups is 1. The van der Waals surface area contributed by atoms with Gasteiger partial charge in [0.25, 0.3) is 5.91 Å². The normalized spacial score (nSPS) is 17.6. The van der Waals surface area contributed by atoms with Crippen molar-refractivity contribution in [2.45, 2.75) is 57.2 Å². The van der Waals surface area contributed by atoms with Crippen molar-refractivity contribution < 1.29 is 9.53 Å². The molecule has 0 bridgehead atoms. The van der Waals surface area contributed by atoms with Crippen LogP contribution in [0.5, 0.6) is 11.5 Å². The maximum absolute atomic E-state index is 14.1. The van der Waals surface area contributed by atoms with Crippen LogP contribution >= 0.6 is 0 Å². The molecular weight excluding hydrogens is 544 g/mol. The predicted octanol–water partition coefficient (Wildman–Crippen LogP) is 4.10. The topological polar surface area (TPSA) is 144 Å². The van der Waals surface area contributed by atoms with Crippen LogP contribution in [0.25, 0.3) is 16.9 Å². The predicted molar refractivity (Wildman–Crippen MR) is 163 cm³/mol. The smallest absolute Gasteiger partial charge is 0.335 e. The van der Waals surface area contributed by atoms with Gasteiger partial charge in [0.1, 0.15) is 35.0 Å². The number of nitrogen functional groups attached to an aromatic ring is 1. The summed E-state index contributed by atoms with van der Waals surface area (Å²) in [6, 6.07) is 18.7. The van der Waals surface area contributed by atoms with Gasteiger partial charge in [0.15, 0.2) is 11.5 Å². The van der Waals surface area contributed by atoms with Gasteiger partial charge in [0.2, 0.25) is 0 Å². The summed E-state index contributed by atoms with van der Waals surface area (Å²) in [6.07, 6.45) is 6.59. The van der Waals surface area contributed by atoms with E-state index >= 15 is 0 Å². The number of nitrogens with two attached hydrogens (primary N) is 1. The molecule has 3 heterocycles. The first-order valence-corrected chi connectivity index (χ1v) is 14.5. The molecule has 1 aliphatic heterocycles. The molecule has 11 heteroatoms. The van der Waals surface area contributed by atoms with Crippen LogP contribution in [-0.2, 0) is 4.79 Å². The number of ether oxygens (including phenoxy) is 1. The number of imidazole rings is 1. The van der Waals surface area contributed by atoms with E-state index in [1.54, 1.807) is 39.8 Å². The Morgan fingerprint density at radius 2 is 1.81 bits per heavy atom. The number of aromatic nitrogens is 4. The molecule has 1 saturated carbocycles. The largest absolute Gasteiger partial charge is 0.457 e. The van der Waals surface area contributed by atoms with Gasteiger partial charge < -0.3 is 20.7 Å². The number of hydrogen-bond donors (Lipinski definition) is 2. The lowest BCUT2D eigenvalue weighted by Crippen LogP contribution is -2.44. The second kappa shape index (κ2) is 11.4. The number of hydrogen-bond acceptors (Lipinski definition) is 8. The fourth-order valence-electron chi connectivity index (χ4n) is 5.74. The average molecular weight is 579 g/mol. The molecule has 6 rings (SSSR count). The summed E-state index contributed by atoms with van der Waals surface area (Å²) in [4.78, 5) is 37.9. The molecular formula is C32H34N8O3. The highest BCUT2D eigenvalue weighted by molar-refractivity contribution is 5.97. The molecule has 0 spiro atoms. The summed E-state index contributed by atoms with van der Waals surface area (Å²) in [5.41, 5.74) is 6.96. The molecule has 0 radical (unpaired) electrons. The molecule has 4 aromatic rings. The van der Waals surface area contributed by atoms with Gasteiger partial charge >= 0.3 is 5.69 Å². The van der Waals surface area contributed by atoms with Gasteiger partial charge in [0, 0.05) is 24.7 Å². The van der Waals surface area contributed by atoms with Gasteiger partial charge in [-0.1, -0.05) is 18.2 Å². The van der Waals surface area contributed by atoms with Crippen molar-refractivity contribution in [3.63, 3.8) is 0 Å². The number of carbonyl (C=O) groups excluding carboxylic acids is 1. The van der Waals surface area contributed by atoms with E-state index in [0.717, 1.165) is 12.8 Å². The maximum atomic E-state index is 14.1. The second-order valence-corrected chi connectivity index (χ2v) is 11.7. The number of benzene rings is 2. The van der Waals surface area contributed by atoms with Crippen molar-refractivity contribution in [1.82, 2.24) is 29.3 Å². The minimum Gasteiger partial charge on any atom is -0.457 e. The third kappa shape index (κ3) is 5.87. The molecule has 0 unspecified atom stereocenters. The molecule has 2 aromatic heterocycles. The Bertz CT molecular complexity index is 1780. The van der Waals surface area contributed by atoms with E-state index in [1.807, 2.05) is 44.2 Å². The Morgan fingerprint density at radius 3 is 2.51 bits per heavy atom. The highest BCUT2D eigenvalue weighted by Gasteiger charge is 2.33. The summed E-state index contributed by atoms with van der Waals surface area (Å²) >= 11 is 0. The first-order chi connectivity index (χ1) is 20.7. The van der Waals surface area contributed by atoms with Crippen molar-refractivity contribution in [3.8, 4) is 23.3 Å². The van der Waals surface area contributed by atoms with Crippen molar-refractivity contribution in [3.05, 3.63) is 83.1 Å². The summed E-state index contributed by atoms with van der Waals surface area (Å²) in [7, 11) is 0. The maximum Gasteiger partial charge on any atom is 0.335 e. The summed E-state index contributed by atoms with van der Waals surface area (Å²) < 4.78 is 9.03. The number of nitriles is 1. The summed E-state index contributed by atoms with van der Waals surface area (Å²) in [5, 5.41) is 13.4. The quantitative estimate of drug-likeness (QED) is 0.235. The molecule has 220 valence electrons. The third-order valence-electron chi connectivity index (χ3n) is 7.81. The van der Waals surface area contributed by atoms with Crippen molar-refractivity contribution in [1.29, 1.82) is 5.26 Å². The molecule has 3 N–H and O–H groups in total. The lowest BCUT2D eigenvalue weighted by atomic mass is 9.99. The van der Waals surface area contributed by atoms with Crippen LogP contribution in [0.1, 0.15) is 45.6 Å². The molecule has 1 amide bonds. The van der Waals surface area contributed by atoms with E-state index in [0.29, 0.717) is 53.8 Å². The number of amides is 1. The number of rotatable bonds is 8. The minimum atomic E-state index is -0.489. The van der Waals surface area contributed by atoms with Crippen molar-refractivity contribution in [2.75, 3.05) is 18.8 Å². The highest BCUT2D eigenvalue weighted by atomic mass is 16.5. The Kier molecular flexibility index (Phi) is 7.46. The molecule has 1 atom stereocenters. The second-order valence-electron chi connectivity index (χ2n) is 11.7. The van der Waals surface area contributed by atoms with Gasteiger partial charge in [-0.05, 0) is 82.0 Å². The van der Waals surface area contributed by atoms with Crippen LogP contribution in [0.4, 0.5) is 5.82 Å². The molecule has 2 aliphatic rings. The first-order valence-electron chi connectivity index (χ1n) is 14.5. The van der Waals surface area contributed by atoms with E-state index < -0.39 is 5.54 Å². The molecule has 2 fully saturated rings. The number of fused-ring (bicyclic) bond motifs is 1. The van der Waals surface area contributed by atoms with Gasteiger partial charge in [-0.25, -0.2) is 14.8 Å². The van der Waals surface area contributed by atoms with Crippen LogP contribution in [0.15, 0.2) is 77.4 Å². The number of para-hydroxylation sites is 1. The number of likely N-dealkylation sites (tertiary alicyclic amines) is 1. The summed E-state index contributed by atoms with van der Waals surface area (Å²) in [5.74, 6) is 1.16. The third-order valence-corrected chi connectivity index (χ3v) is 7.81. The van der Waals surface area contributed by atoms with Crippen LogP contribution in [0.2, 0.25) is 0 Å². The van der Waals surface area contributed by atoms with Crippen molar-refractivity contribution >= 4 is 22.9 Å². The van der Waals surface area contributed by atoms with Gasteiger partial charge in [-0.15, -0.1) is 0 Å². The highest BCUT2D eigenvalue weighted by Crippen LogP contribution is 2.30. The molecule has 1 aliphatic carbocycles. The van der Waals surface area contributed by atoms with E-state index in [2.05, 4.69) is 21.4 Å². The average Bonchev–Trinajstić information content (AvgIpc) is 3.76. The van der Waals surface area contributed by atoms with E-state index in [-0.39, 0.29) is 35.6 Å². The van der Waals surface area contributed by atoms with E-state index in [9.17, 15) is 14.9 Å². The van der Waals surface area contributed by atoms with Crippen LogP contribution < -0.4 is 21.5 Å². The number of nitrogens with one attached hydrogen (secondary N) is 1. The Hall–Kier alpha value is -4.95. The monoisotopic (exact) mass is 578 g/mol. The summed E-state index contributed by atoms with van der Waals surface area (Å²) in [6.45, 7) is 4.70. The van der Waals surface area contributed by atoms with E-state index in [4.69, 9.17) is 10.5 Å².